The van der Waals surface area contributed by atoms with Crippen molar-refractivity contribution in [3.8, 4) is 0 Å². The Hall–Kier alpha value is -2.37. The lowest BCUT2D eigenvalue weighted by atomic mass is 9.99. The van der Waals surface area contributed by atoms with E-state index in [2.05, 4.69) is 55.7 Å². The highest BCUT2D eigenvalue weighted by atomic mass is 15.3. The zero-order chi connectivity index (χ0) is 17.3. The van der Waals surface area contributed by atoms with Crippen LogP contribution in [0, 0.1) is 5.92 Å². The molecule has 1 aromatic carbocycles. The number of rotatable bonds is 7. The summed E-state index contributed by atoms with van der Waals surface area (Å²) in [6.45, 7) is 4.11. The van der Waals surface area contributed by atoms with Crippen LogP contribution in [0.2, 0.25) is 0 Å². The average molecular weight is 340 g/mol. The molecule has 1 aliphatic heterocycles. The number of guanidine groups is 1. The van der Waals surface area contributed by atoms with E-state index in [4.69, 9.17) is 0 Å². The maximum atomic E-state index is 4.47. The lowest BCUT2D eigenvalue weighted by molar-refractivity contribution is 0.457. The molecule has 6 heteroatoms. The summed E-state index contributed by atoms with van der Waals surface area (Å²) in [6.07, 6.45) is 8.15. The van der Waals surface area contributed by atoms with Crippen LogP contribution in [0.25, 0.3) is 0 Å². The van der Waals surface area contributed by atoms with E-state index in [0.717, 1.165) is 57.3 Å². The first-order valence-corrected chi connectivity index (χ1v) is 9.17. The van der Waals surface area contributed by atoms with Gasteiger partial charge in [0.05, 0.1) is 0 Å². The second-order valence-electron chi connectivity index (χ2n) is 6.67. The second-order valence-corrected chi connectivity index (χ2v) is 6.67. The average Bonchev–Trinajstić information content (AvgIpc) is 3.31. The minimum absolute atomic E-state index is 0.717. The molecule has 0 saturated carbocycles. The second kappa shape index (κ2) is 9.20. The summed E-state index contributed by atoms with van der Waals surface area (Å²) in [5, 5.41) is 11.2. The quantitative estimate of drug-likeness (QED) is 0.477. The maximum Gasteiger partial charge on any atom is 0.193 e. The van der Waals surface area contributed by atoms with Crippen molar-refractivity contribution >= 4 is 5.96 Å². The van der Waals surface area contributed by atoms with E-state index in [0.29, 0.717) is 0 Å². The van der Waals surface area contributed by atoms with Gasteiger partial charge in [0.2, 0.25) is 0 Å². The zero-order valence-electron chi connectivity index (χ0n) is 15.0. The molecular weight excluding hydrogens is 312 g/mol. The molecule has 25 heavy (non-hydrogen) atoms. The normalized spacial score (nSPS) is 17.9. The van der Waals surface area contributed by atoms with E-state index in [-0.39, 0.29) is 0 Å². The predicted molar refractivity (Wildman–Crippen MR) is 100 cm³/mol. The van der Waals surface area contributed by atoms with Crippen molar-refractivity contribution in [3.05, 3.63) is 48.5 Å². The molecule has 3 rings (SSSR count). The Bertz CT molecular complexity index is 637. The Morgan fingerprint density at radius 3 is 2.76 bits per heavy atom. The Morgan fingerprint density at radius 1 is 1.20 bits per heavy atom. The van der Waals surface area contributed by atoms with Gasteiger partial charge in [-0.1, -0.05) is 30.3 Å². The highest BCUT2D eigenvalue weighted by Gasteiger charge is 2.24. The lowest BCUT2D eigenvalue weighted by Crippen LogP contribution is -2.40. The predicted octanol–water partition coefficient (Wildman–Crippen LogP) is 2.20. The van der Waals surface area contributed by atoms with Crippen molar-refractivity contribution in [2.24, 2.45) is 10.9 Å². The van der Waals surface area contributed by atoms with E-state index in [9.17, 15) is 0 Å². The van der Waals surface area contributed by atoms with Crippen LogP contribution in [0.1, 0.15) is 24.8 Å². The first-order valence-electron chi connectivity index (χ1n) is 9.17. The van der Waals surface area contributed by atoms with Crippen LogP contribution in [-0.2, 0) is 13.0 Å². The van der Waals surface area contributed by atoms with Crippen LogP contribution >= 0.6 is 0 Å². The fourth-order valence-corrected chi connectivity index (χ4v) is 3.43. The molecule has 0 radical (unpaired) electrons. The van der Waals surface area contributed by atoms with Crippen molar-refractivity contribution in [2.75, 3.05) is 26.7 Å². The third-order valence-corrected chi connectivity index (χ3v) is 4.76. The summed E-state index contributed by atoms with van der Waals surface area (Å²) < 4.78 is 2.02. The third-order valence-electron chi connectivity index (χ3n) is 4.76. The van der Waals surface area contributed by atoms with Gasteiger partial charge in [-0.15, -0.1) is 10.2 Å². The number of aryl methyl sites for hydroxylation is 1. The number of unbranched alkanes of at least 4 members (excludes halogenated alkanes) is 1. The molecule has 0 spiro atoms. The van der Waals surface area contributed by atoms with Gasteiger partial charge in [-0.25, -0.2) is 0 Å². The van der Waals surface area contributed by atoms with Crippen molar-refractivity contribution in [1.29, 1.82) is 0 Å². The minimum Gasteiger partial charge on any atom is -0.356 e. The van der Waals surface area contributed by atoms with Crippen molar-refractivity contribution < 1.29 is 0 Å². The van der Waals surface area contributed by atoms with Crippen LogP contribution < -0.4 is 5.32 Å². The van der Waals surface area contributed by atoms with Crippen LogP contribution in [-0.4, -0.2) is 52.3 Å². The molecule has 2 heterocycles. The summed E-state index contributed by atoms with van der Waals surface area (Å²) in [7, 11) is 1.88. The van der Waals surface area contributed by atoms with Gasteiger partial charge in [0, 0.05) is 33.2 Å². The Labute approximate surface area is 150 Å². The Morgan fingerprint density at radius 2 is 2.00 bits per heavy atom. The lowest BCUT2D eigenvalue weighted by Gasteiger charge is -2.21. The van der Waals surface area contributed by atoms with Gasteiger partial charge >= 0.3 is 0 Å². The smallest absolute Gasteiger partial charge is 0.193 e. The van der Waals surface area contributed by atoms with E-state index >= 15 is 0 Å². The van der Waals surface area contributed by atoms with Gasteiger partial charge < -0.3 is 14.8 Å². The Balaban J connectivity index is 1.36. The highest BCUT2D eigenvalue weighted by Crippen LogP contribution is 2.20. The fraction of sp³-hybridized carbons (Fsp3) is 0.526. The molecule has 1 N–H and O–H groups in total. The van der Waals surface area contributed by atoms with Gasteiger partial charge in [0.15, 0.2) is 5.96 Å². The summed E-state index contributed by atoms with van der Waals surface area (Å²) in [5.74, 6) is 1.76. The summed E-state index contributed by atoms with van der Waals surface area (Å²) in [4.78, 5) is 6.86. The van der Waals surface area contributed by atoms with Crippen LogP contribution in [0.15, 0.2) is 48.0 Å². The molecule has 1 fully saturated rings. The largest absolute Gasteiger partial charge is 0.356 e. The van der Waals surface area contributed by atoms with Gasteiger partial charge in [0.25, 0.3) is 0 Å². The molecule has 1 atom stereocenters. The fourth-order valence-electron chi connectivity index (χ4n) is 3.43. The molecular formula is C19H28N6. The molecule has 0 bridgehead atoms. The molecule has 1 unspecified atom stereocenters. The monoisotopic (exact) mass is 340 g/mol. The highest BCUT2D eigenvalue weighted by molar-refractivity contribution is 5.80. The minimum atomic E-state index is 0.717. The number of likely N-dealkylation sites (tertiary alicyclic amines) is 1. The number of hydrogen-bond acceptors (Lipinski definition) is 3. The molecule has 1 saturated heterocycles. The van der Waals surface area contributed by atoms with Crippen molar-refractivity contribution in [2.45, 2.75) is 32.2 Å². The molecule has 0 aliphatic carbocycles. The number of aromatic nitrogens is 3. The Kier molecular flexibility index (Phi) is 6.42. The van der Waals surface area contributed by atoms with E-state index < -0.39 is 0 Å². The van der Waals surface area contributed by atoms with E-state index in [1.54, 1.807) is 12.7 Å². The standard InChI is InChI=1S/C19H28N6/c1-20-19(21-10-5-6-11-24-15-22-23-16-24)25-12-9-18(14-25)13-17-7-3-2-4-8-17/h2-4,7-8,15-16,18H,5-6,9-14H2,1H3,(H,20,21). The molecule has 1 aliphatic rings. The summed E-state index contributed by atoms with van der Waals surface area (Å²) in [5.41, 5.74) is 1.44. The SMILES string of the molecule is CN=C(NCCCCn1cnnc1)N1CCC(Cc2ccccc2)C1. The summed E-state index contributed by atoms with van der Waals surface area (Å²) in [6, 6.07) is 10.8. The topological polar surface area (TPSA) is 58.3 Å². The number of aliphatic imine (C=N–C) groups is 1. The number of hydrogen-bond donors (Lipinski definition) is 1. The summed E-state index contributed by atoms with van der Waals surface area (Å²) >= 11 is 0. The van der Waals surface area contributed by atoms with Crippen molar-refractivity contribution in [3.63, 3.8) is 0 Å². The first kappa shape index (κ1) is 17.5. The van der Waals surface area contributed by atoms with Gasteiger partial charge in [0.1, 0.15) is 12.7 Å². The molecule has 0 amide bonds. The number of nitrogens with zero attached hydrogens (tertiary/aromatic N) is 5. The van der Waals surface area contributed by atoms with Gasteiger partial charge in [-0.2, -0.15) is 0 Å². The van der Waals surface area contributed by atoms with Gasteiger partial charge in [-0.05, 0) is 37.2 Å². The van der Waals surface area contributed by atoms with E-state index in [1.165, 1.54) is 12.0 Å². The first-order chi connectivity index (χ1) is 12.3. The van der Waals surface area contributed by atoms with Crippen LogP contribution in [0.4, 0.5) is 0 Å². The third kappa shape index (κ3) is 5.31. The number of nitrogens with one attached hydrogen (secondary N) is 1. The molecule has 134 valence electrons. The maximum absolute atomic E-state index is 4.47. The van der Waals surface area contributed by atoms with Gasteiger partial charge in [-0.3, -0.25) is 4.99 Å². The number of benzene rings is 1. The zero-order valence-corrected chi connectivity index (χ0v) is 15.0. The van der Waals surface area contributed by atoms with E-state index in [1.807, 2.05) is 11.6 Å². The van der Waals surface area contributed by atoms with Crippen molar-refractivity contribution in [1.82, 2.24) is 25.0 Å². The van der Waals surface area contributed by atoms with Crippen LogP contribution in [0.3, 0.4) is 0 Å². The molecule has 6 nitrogen and oxygen atoms in total. The van der Waals surface area contributed by atoms with Crippen LogP contribution in [0.5, 0.6) is 0 Å². The molecule has 2 aromatic rings. The molecule has 1 aromatic heterocycles.